The number of sulfone groups is 1. The van der Waals surface area contributed by atoms with Crippen molar-refractivity contribution in [3.05, 3.63) is 18.0 Å². The molecule has 2 aliphatic rings. The standard InChI is InChI=1S/C13H18F3N3O2S/c1-18-6-10(5-17-18)7-19-8-11-12(9-19,13(14,15)16)3-2-4-22(11,20)21/h5-6,11H,2-4,7-9H2,1H3/t11-,12-/m1/s1. The predicted molar refractivity (Wildman–Crippen MR) is 73.8 cm³/mol. The molecule has 0 saturated carbocycles. The van der Waals surface area contributed by atoms with Crippen LogP contribution < -0.4 is 0 Å². The summed E-state index contributed by atoms with van der Waals surface area (Å²) < 4.78 is 66.8. The summed E-state index contributed by atoms with van der Waals surface area (Å²) in [6.45, 7) is -0.0241. The maximum Gasteiger partial charge on any atom is 0.397 e. The van der Waals surface area contributed by atoms with Crippen molar-refractivity contribution < 1.29 is 21.6 Å². The number of halogens is 3. The second-order valence-electron chi connectivity index (χ2n) is 6.30. The first kappa shape index (κ1) is 15.8. The summed E-state index contributed by atoms with van der Waals surface area (Å²) in [6.07, 6.45) is -1.20. The van der Waals surface area contributed by atoms with Gasteiger partial charge in [-0.25, -0.2) is 8.42 Å². The number of likely N-dealkylation sites (tertiary alicyclic amines) is 1. The minimum absolute atomic E-state index is 0.0588. The second-order valence-corrected chi connectivity index (χ2v) is 8.61. The van der Waals surface area contributed by atoms with Gasteiger partial charge in [0.2, 0.25) is 0 Å². The molecule has 2 aliphatic heterocycles. The van der Waals surface area contributed by atoms with Crippen LogP contribution in [0.15, 0.2) is 12.4 Å². The molecule has 0 aliphatic carbocycles. The number of rotatable bonds is 2. The Labute approximate surface area is 127 Å². The smallest absolute Gasteiger partial charge is 0.297 e. The van der Waals surface area contributed by atoms with E-state index in [0.29, 0.717) is 0 Å². The first-order valence-electron chi connectivity index (χ1n) is 7.12. The molecule has 5 nitrogen and oxygen atoms in total. The third-order valence-electron chi connectivity index (χ3n) is 4.76. The van der Waals surface area contributed by atoms with E-state index in [0.717, 1.165) is 5.56 Å². The monoisotopic (exact) mass is 337 g/mol. The van der Waals surface area contributed by atoms with Crippen LogP contribution in [0.2, 0.25) is 0 Å². The molecule has 3 heterocycles. The van der Waals surface area contributed by atoms with Crippen molar-refractivity contribution in [2.45, 2.75) is 30.8 Å². The summed E-state index contributed by atoms with van der Waals surface area (Å²) in [5.74, 6) is -0.143. The molecular weight excluding hydrogens is 319 g/mol. The van der Waals surface area contributed by atoms with Crippen molar-refractivity contribution in [1.29, 1.82) is 0 Å². The Kier molecular flexibility index (Phi) is 3.56. The third kappa shape index (κ3) is 2.44. The molecular formula is C13H18F3N3O2S. The highest BCUT2D eigenvalue weighted by Gasteiger charge is 2.67. The summed E-state index contributed by atoms with van der Waals surface area (Å²) in [7, 11) is -1.97. The van der Waals surface area contributed by atoms with Gasteiger partial charge in [-0.2, -0.15) is 18.3 Å². The molecule has 0 N–H and O–H groups in total. The maximum atomic E-state index is 13.6. The fourth-order valence-corrected chi connectivity index (χ4v) is 6.03. The topological polar surface area (TPSA) is 55.2 Å². The maximum absolute atomic E-state index is 13.6. The summed E-state index contributed by atoms with van der Waals surface area (Å²) in [4.78, 5) is 1.60. The van der Waals surface area contributed by atoms with Crippen molar-refractivity contribution >= 4 is 9.84 Å². The molecule has 2 atom stereocenters. The van der Waals surface area contributed by atoms with E-state index < -0.39 is 26.7 Å². The minimum atomic E-state index is -4.51. The van der Waals surface area contributed by atoms with Gasteiger partial charge in [-0.05, 0) is 12.8 Å². The Bertz CT molecular complexity index is 670. The summed E-state index contributed by atoms with van der Waals surface area (Å²) >= 11 is 0. The zero-order valence-electron chi connectivity index (χ0n) is 12.2. The van der Waals surface area contributed by atoms with Crippen molar-refractivity contribution in [3.8, 4) is 0 Å². The molecule has 22 heavy (non-hydrogen) atoms. The quantitative estimate of drug-likeness (QED) is 0.818. The van der Waals surface area contributed by atoms with E-state index in [1.165, 1.54) is 0 Å². The summed E-state index contributed by atoms with van der Waals surface area (Å²) in [5, 5.41) is 2.65. The lowest BCUT2D eigenvalue weighted by Crippen LogP contribution is -2.53. The molecule has 0 spiro atoms. The van der Waals surface area contributed by atoms with E-state index in [9.17, 15) is 21.6 Å². The number of fused-ring (bicyclic) bond motifs is 1. The molecule has 0 bridgehead atoms. The molecule has 9 heteroatoms. The predicted octanol–water partition coefficient (Wildman–Crippen LogP) is 1.36. The fourth-order valence-electron chi connectivity index (χ4n) is 3.75. The lowest BCUT2D eigenvalue weighted by atomic mass is 9.81. The van der Waals surface area contributed by atoms with Crippen LogP contribution in [0, 0.1) is 5.41 Å². The van der Waals surface area contributed by atoms with Gasteiger partial charge in [0.1, 0.15) is 0 Å². The van der Waals surface area contributed by atoms with Crippen molar-refractivity contribution in [2.24, 2.45) is 12.5 Å². The van der Waals surface area contributed by atoms with Gasteiger partial charge in [0, 0.05) is 38.4 Å². The van der Waals surface area contributed by atoms with Gasteiger partial charge in [0.25, 0.3) is 0 Å². The summed E-state index contributed by atoms with van der Waals surface area (Å²) in [6, 6.07) is 0. The fraction of sp³-hybridized carbons (Fsp3) is 0.769. The molecule has 1 aromatic heterocycles. The van der Waals surface area contributed by atoms with Gasteiger partial charge < -0.3 is 0 Å². The molecule has 0 amide bonds. The highest BCUT2D eigenvalue weighted by molar-refractivity contribution is 7.92. The zero-order valence-corrected chi connectivity index (χ0v) is 13.0. The Morgan fingerprint density at radius 2 is 2.18 bits per heavy atom. The SMILES string of the molecule is Cn1cc(CN2C[C@@H]3[C@@](C(F)(F)F)(CCCS3(=O)=O)C2)cn1. The number of nitrogens with zero attached hydrogens (tertiary/aromatic N) is 3. The Morgan fingerprint density at radius 3 is 2.73 bits per heavy atom. The molecule has 124 valence electrons. The number of aromatic nitrogens is 2. The van der Waals surface area contributed by atoms with Crippen molar-refractivity contribution in [1.82, 2.24) is 14.7 Å². The lowest BCUT2D eigenvalue weighted by Gasteiger charge is -2.39. The van der Waals surface area contributed by atoms with E-state index in [1.54, 1.807) is 29.0 Å². The van der Waals surface area contributed by atoms with E-state index in [2.05, 4.69) is 5.10 Å². The van der Waals surface area contributed by atoms with Crippen LogP contribution in [0.4, 0.5) is 13.2 Å². The average Bonchev–Trinajstić information content (AvgIpc) is 2.94. The van der Waals surface area contributed by atoms with Gasteiger partial charge in [-0.3, -0.25) is 9.58 Å². The minimum Gasteiger partial charge on any atom is -0.297 e. The van der Waals surface area contributed by atoms with Crippen LogP contribution in [0.5, 0.6) is 0 Å². The Morgan fingerprint density at radius 1 is 1.45 bits per heavy atom. The van der Waals surface area contributed by atoms with Crippen LogP contribution >= 0.6 is 0 Å². The Hall–Kier alpha value is -1.09. The first-order valence-corrected chi connectivity index (χ1v) is 8.84. The molecule has 0 aromatic carbocycles. The largest absolute Gasteiger partial charge is 0.397 e. The molecule has 3 rings (SSSR count). The number of hydrogen-bond donors (Lipinski definition) is 0. The van der Waals surface area contributed by atoms with Crippen LogP contribution in [0.3, 0.4) is 0 Å². The number of hydrogen-bond acceptors (Lipinski definition) is 4. The van der Waals surface area contributed by atoms with Crippen LogP contribution in [0.25, 0.3) is 0 Å². The van der Waals surface area contributed by atoms with Crippen LogP contribution in [0.1, 0.15) is 18.4 Å². The van der Waals surface area contributed by atoms with Gasteiger partial charge in [0.15, 0.2) is 9.84 Å². The van der Waals surface area contributed by atoms with Gasteiger partial charge in [-0.1, -0.05) is 0 Å². The van der Waals surface area contributed by atoms with Crippen LogP contribution in [-0.2, 0) is 23.4 Å². The normalized spacial score (nSPS) is 32.1. The molecule has 2 saturated heterocycles. The van der Waals surface area contributed by atoms with Crippen LogP contribution in [-0.4, -0.2) is 53.4 Å². The molecule has 1 aromatic rings. The van der Waals surface area contributed by atoms with Crippen molar-refractivity contribution in [2.75, 3.05) is 18.8 Å². The average molecular weight is 337 g/mol. The highest BCUT2D eigenvalue weighted by Crippen LogP contribution is 2.53. The first-order chi connectivity index (χ1) is 10.1. The van der Waals surface area contributed by atoms with E-state index in [4.69, 9.17) is 0 Å². The van der Waals surface area contributed by atoms with E-state index >= 15 is 0 Å². The van der Waals surface area contributed by atoms with Gasteiger partial charge >= 0.3 is 6.18 Å². The lowest BCUT2D eigenvalue weighted by molar-refractivity contribution is -0.221. The zero-order chi connectivity index (χ0) is 16.2. The number of alkyl halides is 3. The summed E-state index contributed by atoms with van der Waals surface area (Å²) in [5.41, 5.74) is -1.33. The highest BCUT2D eigenvalue weighted by atomic mass is 32.2. The van der Waals surface area contributed by atoms with Crippen molar-refractivity contribution in [3.63, 3.8) is 0 Å². The van der Waals surface area contributed by atoms with E-state index in [-0.39, 0.29) is 38.2 Å². The molecule has 2 fully saturated rings. The third-order valence-corrected chi connectivity index (χ3v) is 7.09. The Balaban J connectivity index is 1.90. The van der Waals surface area contributed by atoms with E-state index in [1.807, 2.05) is 0 Å². The molecule has 0 unspecified atom stereocenters. The van der Waals surface area contributed by atoms with Gasteiger partial charge in [0.05, 0.1) is 22.6 Å². The second kappa shape index (κ2) is 4.95. The molecule has 0 radical (unpaired) electrons. The number of aryl methyl sites for hydroxylation is 1. The van der Waals surface area contributed by atoms with Gasteiger partial charge in [-0.15, -0.1) is 0 Å².